The van der Waals surface area contributed by atoms with Gasteiger partial charge in [0.15, 0.2) is 0 Å². The zero-order chi connectivity index (χ0) is 8.85. The highest BCUT2D eigenvalue weighted by atomic mass is 16.3. The topological polar surface area (TPSA) is 78.4 Å². The molecule has 0 fully saturated rings. The van der Waals surface area contributed by atoms with Gasteiger partial charge in [0, 0.05) is 13.8 Å². The molecule has 0 aliphatic rings. The number of carbonyl (C=O) groups is 2. The molecule has 0 aliphatic carbocycles. The number of rotatable bonds is 3. The maximum absolute atomic E-state index is 10.4. The Hall–Kier alpha value is -1.10. The summed E-state index contributed by atoms with van der Waals surface area (Å²) in [6, 6.07) is 0. The minimum absolute atomic E-state index is 0.294. The molecule has 0 spiro atoms. The van der Waals surface area contributed by atoms with Gasteiger partial charge in [-0.1, -0.05) is 0 Å². The van der Waals surface area contributed by atoms with Crippen molar-refractivity contribution in [2.24, 2.45) is 0 Å². The number of aliphatic hydroxyl groups is 1. The number of hydrogen-bond donors (Lipinski definition) is 3. The second-order valence-electron chi connectivity index (χ2n) is 2.14. The summed E-state index contributed by atoms with van der Waals surface area (Å²) >= 11 is 0. The lowest BCUT2D eigenvalue weighted by molar-refractivity contribution is -0.122. The van der Waals surface area contributed by atoms with E-state index in [1.54, 1.807) is 0 Å². The highest BCUT2D eigenvalue weighted by Crippen LogP contribution is 1.75. The maximum Gasteiger partial charge on any atom is 0.218 e. The average Bonchev–Trinajstić information content (AvgIpc) is 1.84. The maximum atomic E-state index is 10.4. The third-order valence-electron chi connectivity index (χ3n) is 0.938. The molecule has 0 atom stereocenters. The summed E-state index contributed by atoms with van der Waals surface area (Å²) in [5, 5.41) is 13.3. The van der Waals surface area contributed by atoms with Crippen LogP contribution in [0.3, 0.4) is 0 Å². The molecule has 0 radical (unpaired) electrons. The molecule has 3 N–H and O–H groups in total. The lowest BCUT2D eigenvalue weighted by atomic mass is 10.4. The summed E-state index contributed by atoms with van der Waals surface area (Å²) in [4.78, 5) is 20.8. The van der Waals surface area contributed by atoms with Crippen LogP contribution in [0, 0.1) is 0 Å². The standard InChI is InChI=1S/C6H12N2O3/c1-4(10)7-6(3-9)8-5(2)11/h6,9H,3H2,1-2H3,(H,7,10)(H,8,11). The largest absolute Gasteiger partial charge is 0.392 e. The van der Waals surface area contributed by atoms with Gasteiger partial charge in [0.25, 0.3) is 0 Å². The van der Waals surface area contributed by atoms with Gasteiger partial charge in [0.1, 0.15) is 6.17 Å². The van der Waals surface area contributed by atoms with Crippen LogP contribution in [0.15, 0.2) is 0 Å². The molecule has 5 heteroatoms. The fraction of sp³-hybridized carbons (Fsp3) is 0.667. The van der Waals surface area contributed by atoms with Gasteiger partial charge >= 0.3 is 0 Å². The van der Waals surface area contributed by atoms with E-state index >= 15 is 0 Å². The molecule has 0 rings (SSSR count). The molecule has 0 aromatic carbocycles. The van der Waals surface area contributed by atoms with E-state index in [2.05, 4.69) is 10.6 Å². The van der Waals surface area contributed by atoms with Crippen molar-refractivity contribution in [3.05, 3.63) is 0 Å². The third-order valence-corrected chi connectivity index (χ3v) is 0.938. The predicted octanol–water partition coefficient (Wildman–Crippen LogP) is -1.42. The summed E-state index contributed by atoms with van der Waals surface area (Å²) in [5.74, 6) is -0.587. The van der Waals surface area contributed by atoms with Gasteiger partial charge in [-0.3, -0.25) is 9.59 Å². The smallest absolute Gasteiger partial charge is 0.218 e. The monoisotopic (exact) mass is 160 g/mol. The van der Waals surface area contributed by atoms with Gasteiger partial charge in [-0.2, -0.15) is 0 Å². The predicted molar refractivity (Wildman–Crippen MR) is 38.5 cm³/mol. The highest BCUT2D eigenvalue weighted by molar-refractivity contribution is 5.76. The van der Waals surface area contributed by atoms with Crippen LogP contribution in [0.4, 0.5) is 0 Å². The Bertz CT molecular complexity index is 142. The van der Waals surface area contributed by atoms with Gasteiger partial charge < -0.3 is 15.7 Å². The molecule has 0 unspecified atom stereocenters. The van der Waals surface area contributed by atoms with Gasteiger partial charge in [-0.05, 0) is 0 Å². The van der Waals surface area contributed by atoms with E-state index in [1.165, 1.54) is 13.8 Å². The first kappa shape index (κ1) is 9.90. The van der Waals surface area contributed by atoms with E-state index in [0.717, 1.165) is 0 Å². The molecule has 0 saturated heterocycles. The van der Waals surface area contributed by atoms with E-state index in [4.69, 9.17) is 5.11 Å². The van der Waals surface area contributed by atoms with Crippen molar-refractivity contribution >= 4 is 11.8 Å². The quantitative estimate of drug-likeness (QED) is 0.443. The molecule has 64 valence electrons. The number of carbonyl (C=O) groups excluding carboxylic acids is 2. The molecule has 0 aromatic heterocycles. The highest BCUT2D eigenvalue weighted by Gasteiger charge is 2.07. The van der Waals surface area contributed by atoms with Crippen molar-refractivity contribution in [2.75, 3.05) is 6.61 Å². The summed E-state index contributed by atoms with van der Waals surface area (Å²) in [5.41, 5.74) is 0. The summed E-state index contributed by atoms with van der Waals surface area (Å²) in [6.07, 6.45) is -0.676. The van der Waals surface area contributed by atoms with Crippen molar-refractivity contribution in [2.45, 2.75) is 20.0 Å². The molecule has 5 nitrogen and oxygen atoms in total. The van der Waals surface area contributed by atoms with E-state index in [0.29, 0.717) is 0 Å². The van der Waals surface area contributed by atoms with Crippen molar-refractivity contribution in [1.29, 1.82) is 0 Å². The van der Waals surface area contributed by atoms with Crippen LogP contribution in [-0.2, 0) is 9.59 Å². The lowest BCUT2D eigenvalue weighted by Gasteiger charge is -2.14. The molecule has 2 amide bonds. The van der Waals surface area contributed by atoms with Crippen molar-refractivity contribution < 1.29 is 14.7 Å². The normalized spacial score (nSPS) is 9.45. The Labute approximate surface area is 64.8 Å². The number of hydrogen-bond acceptors (Lipinski definition) is 3. The number of nitrogens with one attached hydrogen (secondary N) is 2. The molecular weight excluding hydrogens is 148 g/mol. The van der Waals surface area contributed by atoms with Crippen molar-refractivity contribution in [3.63, 3.8) is 0 Å². The van der Waals surface area contributed by atoms with Crippen LogP contribution in [0.2, 0.25) is 0 Å². The fourth-order valence-corrected chi connectivity index (χ4v) is 0.618. The Morgan fingerprint density at radius 3 is 1.82 bits per heavy atom. The Balaban J connectivity index is 3.76. The zero-order valence-corrected chi connectivity index (χ0v) is 6.55. The van der Waals surface area contributed by atoms with E-state index < -0.39 is 6.17 Å². The third kappa shape index (κ3) is 5.35. The minimum Gasteiger partial charge on any atom is -0.392 e. The van der Waals surface area contributed by atoms with Crippen LogP contribution in [0.25, 0.3) is 0 Å². The van der Waals surface area contributed by atoms with E-state index in [1.807, 2.05) is 0 Å². The summed E-state index contributed by atoms with van der Waals surface area (Å²) in [6.45, 7) is 2.31. The number of aliphatic hydroxyl groups excluding tert-OH is 1. The number of amides is 2. The van der Waals surface area contributed by atoms with Crippen LogP contribution in [0.5, 0.6) is 0 Å². The second-order valence-corrected chi connectivity index (χ2v) is 2.14. The van der Waals surface area contributed by atoms with Crippen LogP contribution in [0.1, 0.15) is 13.8 Å². The summed E-state index contributed by atoms with van der Waals surface area (Å²) in [7, 11) is 0. The van der Waals surface area contributed by atoms with Gasteiger partial charge in [-0.15, -0.1) is 0 Å². The molecule has 0 aromatic rings. The van der Waals surface area contributed by atoms with Gasteiger partial charge in [-0.25, -0.2) is 0 Å². The first-order valence-electron chi connectivity index (χ1n) is 3.21. The molecule has 0 aliphatic heterocycles. The van der Waals surface area contributed by atoms with E-state index in [-0.39, 0.29) is 18.4 Å². The zero-order valence-electron chi connectivity index (χ0n) is 6.55. The Morgan fingerprint density at radius 1 is 1.27 bits per heavy atom. The fourth-order valence-electron chi connectivity index (χ4n) is 0.618. The molecule has 0 heterocycles. The van der Waals surface area contributed by atoms with Gasteiger partial charge in [0.2, 0.25) is 11.8 Å². The van der Waals surface area contributed by atoms with Crippen LogP contribution < -0.4 is 10.6 Å². The SMILES string of the molecule is CC(=O)NC(CO)NC(C)=O. The lowest BCUT2D eigenvalue weighted by Crippen LogP contribution is -2.48. The Morgan fingerprint density at radius 2 is 1.64 bits per heavy atom. The van der Waals surface area contributed by atoms with Crippen molar-refractivity contribution in [1.82, 2.24) is 10.6 Å². The second kappa shape index (κ2) is 4.68. The van der Waals surface area contributed by atoms with Crippen LogP contribution in [-0.4, -0.2) is 29.7 Å². The average molecular weight is 160 g/mol. The first-order valence-corrected chi connectivity index (χ1v) is 3.21. The van der Waals surface area contributed by atoms with Crippen molar-refractivity contribution in [3.8, 4) is 0 Å². The van der Waals surface area contributed by atoms with Gasteiger partial charge in [0.05, 0.1) is 6.61 Å². The molecule has 0 saturated carbocycles. The Kier molecular flexibility index (Phi) is 4.21. The summed E-state index contributed by atoms with van der Waals surface area (Å²) < 4.78 is 0. The van der Waals surface area contributed by atoms with Crippen LogP contribution >= 0.6 is 0 Å². The van der Waals surface area contributed by atoms with E-state index in [9.17, 15) is 9.59 Å². The molecular formula is C6H12N2O3. The first-order chi connectivity index (χ1) is 5.06. The molecule has 11 heavy (non-hydrogen) atoms. The minimum atomic E-state index is -0.676. The molecule has 0 bridgehead atoms.